The Morgan fingerprint density at radius 1 is 0.902 bits per heavy atom. The van der Waals surface area contributed by atoms with Crippen molar-refractivity contribution in [1.82, 2.24) is 5.32 Å². The molecule has 7 rings (SSSR count). The minimum atomic E-state index is -1.74. The molecule has 3 fully saturated rings. The highest BCUT2D eigenvalue weighted by molar-refractivity contribution is 6.32. The molecule has 0 bridgehead atoms. The van der Waals surface area contributed by atoms with E-state index in [0.717, 1.165) is 16.0 Å². The number of barbiturate groups is 1. The van der Waals surface area contributed by atoms with E-state index in [9.17, 15) is 24.5 Å². The largest absolute Gasteiger partial charge is 0.378 e. The summed E-state index contributed by atoms with van der Waals surface area (Å²) in [5.74, 6) is -1.40. The summed E-state index contributed by atoms with van der Waals surface area (Å²) in [5.41, 5.74) is 0.225. The number of benzene rings is 3. The predicted octanol–water partition coefficient (Wildman–Crippen LogP) is 2.62. The van der Waals surface area contributed by atoms with Gasteiger partial charge in [-0.2, -0.15) is 0 Å². The first-order valence-corrected chi connectivity index (χ1v) is 13.6. The number of rotatable bonds is 3. The minimum absolute atomic E-state index is 0.0834. The molecule has 3 saturated heterocycles. The first-order valence-electron chi connectivity index (χ1n) is 13.6. The maximum atomic E-state index is 14.6. The fourth-order valence-corrected chi connectivity index (χ4v) is 6.67. The minimum Gasteiger partial charge on any atom is -0.378 e. The number of morpholine rings is 2. The lowest BCUT2D eigenvalue weighted by Crippen LogP contribution is -2.74. The van der Waals surface area contributed by atoms with Crippen LogP contribution >= 0.6 is 0 Å². The Morgan fingerprint density at radius 3 is 2.46 bits per heavy atom. The number of nitro benzene ring substituents is 1. The maximum Gasteiger partial charge on any atom is 0.335 e. The lowest BCUT2D eigenvalue weighted by molar-refractivity contribution is -0.384. The third kappa shape index (κ3) is 3.78. The molecule has 12 nitrogen and oxygen atoms in total. The van der Waals surface area contributed by atoms with Crippen LogP contribution in [0, 0.1) is 15.5 Å². The molecule has 0 aromatic heterocycles. The summed E-state index contributed by atoms with van der Waals surface area (Å²) in [5, 5.41) is 16.2. The van der Waals surface area contributed by atoms with E-state index in [0.29, 0.717) is 61.8 Å². The second kappa shape index (κ2) is 9.53. The fourth-order valence-electron chi connectivity index (χ4n) is 6.67. The van der Waals surface area contributed by atoms with Gasteiger partial charge in [-0.15, -0.1) is 0 Å². The first kappa shape index (κ1) is 25.4. The number of hydrogen-bond donors (Lipinski definition) is 1. The Morgan fingerprint density at radius 2 is 1.66 bits per heavy atom. The van der Waals surface area contributed by atoms with E-state index in [1.807, 2.05) is 40.1 Å². The van der Waals surface area contributed by atoms with Crippen molar-refractivity contribution in [2.24, 2.45) is 5.41 Å². The van der Waals surface area contributed by atoms with E-state index in [2.05, 4.69) is 5.32 Å². The van der Waals surface area contributed by atoms with E-state index < -0.39 is 34.2 Å². The first-order chi connectivity index (χ1) is 19.9. The number of amides is 4. The summed E-state index contributed by atoms with van der Waals surface area (Å²) in [6.45, 7) is 2.77. The molecule has 12 heteroatoms. The molecular weight excluding hydrogens is 530 g/mol. The predicted molar refractivity (Wildman–Crippen MR) is 149 cm³/mol. The number of nitrogens with zero attached hydrogens (tertiary/aromatic N) is 4. The van der Waals surface area contributed by atoms with Crippen LogP contribution in [0.1, 0.15) is 5.56 Å². The van der Waals surface area contributed by atoms with Crippen LogP contribution in [0.25, 0.3) is 10.8 Å². The number of nitro groups is 1. The highest BCUT2D eigenvalue weighted by Gasteiger charge is 2.63. The number of imide groups is 2. The lowest BCUT2D eigenvalue weighted by Gasteiger charge is -2.53. The van der Waals surface area contributed by atoms with E-state index >= 15 is 0 Å². The van der Waals surface area contributed by atoms with Crippen molar-refractivity contribution in [1.29, 1.82) is 0 Å². The number of anilines is 3. The zero-order valence-electron chi connectivity index (χ0n) is 22.1. The Bertz CT molecular complexity index is 1620. The monoisotopic (exact) mass is 557 g/mol. The van der Waals surface area contributed by atoms with Gasteiger partial charge in [0.15, 0.2) is 5.41 Å². The molecule has 4 heterocycles. The summed E-state index contributed by atoms with van der Waals surface area (Å²) in [6, 6.07) is 14.4. The van der Waals surface area contributed by atoms with Crippen LogP contribution in [0.5, 0.6) is 0 Å². The fraction of sp³-hybridized carbons (Fsp3) is 0.345. The van der Waals surface area contributed by atoms with Crippen LogP contribution in [0.15, 0.2) is 54.6 Å². The summed E-state index contributed by atoms with van der Waals surface area (Å²) in [4.78, 5) is 58.4. The van der Waals surface area contributed by atoms with Gasteiger partial charge in [-0.25, -0.2) is 9.69 Å². The molecule has 41 heavy (non-hydrogen) atoms. The summed E-state index contributed by atoms with van der Waals surface area (Å²) in [7, 11) is 0. The van der Waals surface area contributed by atoms with Crippen LogP contribution in [0.3, 0.4) is 0 Å². The Labute approximate surface area is 234 Å². The van der Waals surface area contributed by atoms with Gasteiger partial charge < -0.3 is 19.3 Å². The number of fused-ring (bicyclic) bond motifs is 5. The van der Waals surface area contributed by atoms with E-state index in [4.69, 9.17) is 9.47 Å². The molecule has 0 saturated carbocycles. The standard InChI is InChI=1S/C29H27N5O7/c35-26-29(27(36)33(28(37)30-26)21-7-3-5-18-4-1-2-6-20(18)21)16-19-14-24(34(38)39)23(31-8-11-40-12-9-31)15-22(19)32-10-13-41-17-25(29)32/h1-7,14-15,25H,8-13,16-17H2,(H,30,35,37)/t25-,29+/m0/s1. The third-order valence-corrected chi connectivity index (χ3v) is 8.62. The SMILES string of the molecule is O=C1NC(=O)[C@]2(Cc3cc([N+](=O)[O-])c(N4CCOCC4)cc3N3CCOC[C@H]32)C(=O)N1c1cccc2ccccc12. The van der Waals surface area contributed by atoms with Gasteiger partial charge in [0.2, 0.25) is 5.91 Å². The topological polar surface area (TPSA) is 135 Å². The van der Waals surface area contributed by atoms with Gasteiger partial charge in [-0.3, -0.25) is 25.0 Å². The Kier molecular flexibility index (Phi) is 5.91. The number of nitrogens with one attached hydrogen (secondary N) is 1. The number of carbonyl (C=O) groups is 3. The molecule has 0 unspecified atom stereocenters. The van der Waals surface area contributed by atoms with E-state index in [1.54, 1.807) is 18.2 Å². The van der Waals surface area contributed by atoms with Crippen molar-refractivity contribution >= 4 is 51.4 Å². The van der Waals surface area contributed by atoms with Gasteiger partial charge in [-0.1, -0.05) is 36.4 Å². The van der Waals surface area contributed by atoms with E-state index in [1.165, 1.54) is 6.07 Å². The molecule has 2 atom stereocenters. The molecule has 1 spiro atoms. The average molecular weight is 558 g/mol. The highest BCUT2D eigenvalue weighted by atomic mass is 16.6. The Hall–Kier alpha value is -4.55. The lowest BCUT2D eigenvalue weighted by atomic mass is 9.68. The van der Waals surface area contributed by atoms with Gasteiger partial charge in [0.05, 0.1) is 43.1 Å². The summed E-state index contributed by atoms with van der Waals surface area (Å²) < 4.78 is 11.3. The second-order valence-corrected chi connectivity index (χ2v) is 10.7. The highest BCUT2D eigenvalue weighted by Crippen LogP contribution is 2.49. The second-order valence-electron chi connectivity index (χ2n) is 10.7. The van der Waals surface area contributed by atoms with Crippen molar-refractivity contribution in [3.05, 3.63) is 70.3 Å². The molecule has 1 N–H and O–H groups in total. The van der Waals surface area contributed by atoms with Gasteiger partial charge in [-0.05, 0) is 23.1 Å². The van der Waals surface area contributed by atoms with Crippen molar-refractivity contribution in [3.63, 3.8) is 0 Å². The van der Waals surface area contributed by atoms with Crippen molar-refractivity contribution in [2.75, 3.05) is 60.8 Å². The molecule has 3 aromatic rings. The summed E-state index contributed by atoms with van der Waals surface area (Å²) >= 11 is 0. The van der Waals surface area contributed by atoms with Crippen LogP contribution < -0.4 is 20.0 Å². The maximum absolute atomic E-state index is 14.6. The number of hydrogen-bond acceptors (Lipinski definition) is 9. The molecule has 4 aliphatic heterocycles. The zero-order chi connectivity index (χ0) is 28.3. The van der Waals surface area contributed by atoms with Crippen LogP contribution in [-0.4, -0.2) is 74.9 Å². The molecule has 0 radical (unpaired) electrons. The van der Waals surface area contributed by atoms with Crippen LogP contribution in [-0.2, 0) is 25.5 Å². The quantitative estimate of drug-likeness (QED) is 0.293. The van der Waals surface area contributed by atoms with Gasteiger partial charge in [0.1, 0.15) is 5.69 Å². The molecular formula is C29H27N5O7. The molecule has 4 aliphatic rings. The van der Waals surface area contributed by atoms with Crippen molar-refractivity contribution in [3.8, 4) is 0 Å². The van der Waals surface area contributed by atoms with Crippen LogP contribution in [0.2, 0.25) is 0 Å². The third-order valence-electron chi connectivity index (χ3n) is 8.62. The molecule has 210 valence electrons. The Balaban J connectivity index is 1.39. The van der Waals surface area contributed by atoms with Gasteiger partial charge in [0.25, 0.3) is 11.6 Å². The van der Waals surface area contributed by atoms with E-state index in [-0.39, 0.29) is 18.7 Å². The number of carbonyl (C=O) groups excluding carboxylic acids is 3. The summed E-state index contributed by atoms with van der Waals surface area (Å²) in [6.07, 6.45) is -0.115. The smallest absolute Gasteiger partial charge is 0.335 e. The van der Waals surface area contributed by atoms with Gasteiger partial charge in [0, 0.05) is 43.2 Å². The number of urea groups is 1. The molecule has 4 amide bonds. The molecule has 3 aromatic carbocycles. The molecule has 0 aliphatic carbocycles. The van der Waals surface area contributed by atoms with Crippen molar-refractivity contribution < 1.29 is 28.8 Å². The normalized spacial score (nSPS) is 24.3. The van der Waals surface area contributed by atoms with Gasteiger partial charge >= 0.3 is 6.03 Å². The van der Waals surface area contributed by atoms with Crippen molar-refractivity contribution in [2.45, 2.75) is 12.5 Å². The number of ether oxygens (including phenoxy) is 2. The average Bonchev–Trinajstić information content (AvgIpc) is 3.00. The zero-order valence-corrected chi connectivity index (χ0v) is 22.1. The van der Waals surface area contributed by atoms with Crippen LogP contribution in [0.4, 0.5) is 27.5 Å².